The van der Waals surface area contributed by atoms with Gasteiger partial charge < -0.3 is 10.6 Å². The minimum atomic E-state index is 0.326. The summed E-state index contributed by atoms with van der Waals surface area (Å²) in [4.78, 5) is 10.3. The molecule has 1 aliphatic rings. The number of rotatable bonds is 2. The van der Waals surface area contributed by atoms with Gasteiger partial charge in [-0.3, -0.25) is 0 Å². The Morgan fingerprint density at radius 2 is 2.05 bits per heavy atom. The third kappa shape index (κ3) is 1.95. The molecule has 0 atom stereocenters. The molecule has 0 saturated carbocycles. The summed E-state index contributed by atoms with van der Waals surface area (Å²) in [5.41, 5.74) is 7.30. The molecule has 7 heteroatoms. The average Bonchev–Trinajstić information content (AvgIpc) is 3.05. The lowest BCUT2D eigenvalue weighted by atomic mass is 10.3. The number of nitrogen functional groups attached to an aromatic ring is 1. The number of aryl methyl sites for hydroxylation is 1. The van der Waals surface area contributed by atoms with Crippen molar-refractivity contribution in [1.82, 2.24) is 19.7 Å². The quantitative estimate of drug-likeness (QED) is 0.874. The van der Waals surface area contributed by atoms with Gasteiger partial charge in [0.05, 0.1) is 0 Å². The summed E-state index contributed by atoms with van der Waals surface area (Å²) < 4.78 is 1.51. The molecule has 2 aromatic rings. The Morgan fingerprint density at radius 1 is 1.30 bits per heavy atom. The SMILES string of the molecule is Cc1cc(-n2nc(N3CCCC3)c(C#N)c2N)ncn1. The van der Waals surface area contributed by atoms with Crippen LogP contribution in [0, 0.1) is 18.3 Å². The maximum atomic E-state index is 9.33. The number of aromatic nitrogens is 4. The average molecular weight is 269 g/mol. The van der Waals surface area contributed by atoms with E-state index in [1.165, 1.54) is 11.0 Å². The standard InChI is InChI=1S/C13H15N7/c1-9-6-11(17-8-16-9)20-12(15)10(7-14)13(18-20)19-4-2-3-5-19/h6,8H,2-5,15H2,1H3. The first-order valence-corrected chi connectivity index (χ1v) is 6.53. The summed E-state index contributed by atoms with van der Waals surface area (Å²) in [5.74, 6) is 1.56. The molecule has 3 rings (SSSR count). The van der Waals surface area contributed by atoms with Gasteiger partial charge in [0.15, 0.2) is 11.6 Å². The van der Waals surface area contributed by atoms with Crippen molar-refractivity contribution in [3.63, 3.8) is 0 Å². The summed E-state index contributed by atoms with van der Waals surface area (Å²) in [6.45, 7) is 3.69. The van der Waals surface area contributed by atoms with Crippen molar-refractivity contribution >= 4 is 11.6 Å². The molecule has 1 fully saturated rings. The second-order valence-corrected chi connectivity index (χ2v) is 4.82. The highest BCUT2D eigenvalue weighted by Crippen LogP contribution is 2.28. The number of nitrogens with two attached hydrogens (primary N) is 1. The van der Waals surface area contributed by atoms with Crippen LogP contribution in [-0.2, 0) is 0 Å². The first-order valence-electron chi connectivity index (χ1n) is 6.53. The zero-order valence-corrected chi connectivity index (χ0v) is 11.2. The Morgan fingerprint density at radius 3 is 2.70 bits per heavy atom. The van der Waals surface area contributed by atoms with Gasteiger partial charge in [0.1, 0.15) is 23.8 Å². The van der Waals surface area contributed by atoms with E-state index in [-0.39, 0.29) is 0 Å². The molecule has 0 bridgehead atoms. The maximum absolute atomic E-state index is 9.33. The largest absolute Gasteiger partial charge is 0.382 e. The summed E-state index contributed by atoms with van der Waals surface area (Å²) in [6, 6.07) is 3.94. The van der Waals surface area contributed by atoms with Gasteiger partial charge in [-0.25, -0.2) is 9.97 Å². The van der Waals surface area contributed by atoms with Gasteiger partial charge in [0.2, 0.25) is 0 Å². The van der Waals surface area contributed by atoms with Crippen LogP contribution in [0.5, 0.6) is 0 Å². The van der Waals surface area contributed by atoms with Crippen LogP contribution in [0.3, 0.4) is 0 Å². The van der Waals surface area contributed by atoms with E-state index in [0.29, 0.717) is 23.0 Å². The first-order chi connectivity index (χ1) is 9.70. The zero-order chi connectivity index (χ0) is 14.1. The minimum Gasteiger partial charge on any atom is -0.382 e. The highest BCUT2D eigenvalue weighted by molar-refractivity contribution is 5.66. The molecular weight excluding hydrogens is 254 g/mol. The van der Waals surface area contributed by atoms with Gasteiger partial charge in [-0.1, -0.05) is 0 Å². The topological polar surface area (TPSA) is 96.7 Å². The Kier molecular flexibility index (Phi) is 2.99. The first kappa shape index (κ1) is 12.4. The number of hydrogen-bond donors (Lipinski definition) is 1. The molecule has 3 heterocycles. The minimum absolute atomic E-state index is 0.326. The van der Waals surface area contributed by atoms with Crippen LogP contribution < -0.4 is 10.6 Å². The van der Waals surface area contributed by atoms with Crippen LogP contribution in [-0.4, -0.2) is 32.8 Å². The van der Waals surface area contributed by atoms with Crippen molar-refractivity contribution in [3.05, 3.63) is 23.7 Å². The lowest BCUT2D eigenvalue weighted by Gasteiger charge is -2.13. The Bertz CT molecular complexity index is 677. The van der Waals surface area contributed by atoms with E-state index in [9.17, 15) is 5.26 Å². The summed E-state index contributed by atoms with van der Waals surface area (Å²) in [5, 5.41) is 13.8. The van der Waals surface area contributed by atoms with Crippen molar-refractivity contribution < 1.29 is 0 Å². The van der Waals surface area contributed by atoms with Crippen LogP contribution in [0.1, 0.15) is 24.1 Å². The normalized spacial score (nSPS) is 14.5. The molecule has 0 spiro atoms. The van der Waals surface area contributed by atoms with Gasteiger partial charge in [-0.05, 0) is 19.8 Å². The third-order valence-electron chi connectivity index (χ3n) is 3.43. The molecule has 0 amide bonds. The second-order valence-electron chi connectivity index (χ2n) is 4.82. The molecule has 2 aromatic heterocycles. The Balaban J connectivity index is 2.11. The molecular formula is C13H15N7. The van der Waals surface area contributed by atoms with Crippen LogP contribution in [0.4, 0.5) is 11.6 Å². The molecule has 20 heavy (non-hydrogen) atoms. The van der Waals surface area contributed by atoms with Crippen molar-refractivity contribution in [1.29, 1.82) is 5.26 Å². The monoisotopic (exact) mass is 269 g/mol. The highest BCUT2D eigenvalue weighted by Gasteiger charge is 2.24. The predicted octanol–water partition coefficient (Wildman–Crippen LogP) is 1.02. The van der Waals surface area contributed by atoms with Crippen molar-refractivity contribution in [2.45, 2.75) is 19.8 Å². The molecule has 2 N–H and O–H groups in total. The van der Waals surface area contributed by atoms with E-state index in [1.54, 1.807) is 6.07 Å². The smallest absolute Gasteiger partial charge is 0.171 e. The molecule has 0 aromatic carbocycles. The van der Waals surface area contributed by atoms with Gasteiger partial charge in [-0.15, -0.1) is 5.10 Å². The summed E-state index contributed by atoms with van der Waals surface area (Å²) in [6.07, 6.45) is 3.70. The van der Waals surface area contributed by atoms with Crippen molar-refractivity contribution in [3.8, 4) is 11.9 Å². The fourth-order valence-electron chi connectivity index (χ4n) is 2.41. The van der Waals surface area contributed by atoms with Gasteiger partial charge in [0, 0.05) is 24.8 Å². The van der Waals surface area contributed by atoms with E-state index in [1.807, 2.05) is 6.92 Å². The Hall–Kier alpha value is -2.62. The van der Waals surface area contributed by atoms with Crippen LogP contribution >= 0.6 is 0 Å². The fourth-order valence-corrected chi connectivity index (χ4v) is 2.41. The number of nitrogens with zero attached hydrogens (tertiary/aromatic N) is 6. The Labute approximate surface area is 116 Å². The summed E-state index contributed by atoms with van der Waals surface area (Å²) in [7, 11) is 0. The lowest BCUT2D eigenvalue weighted by Crippen LogP contribution is -2.19. The molecule has 7 nitrogen and oxygen atoms in total. The van der Waals surface area contributed by atoms with Gasteiger partial charge in [-0.2, -0.15) is 9.94 Å². The third-order valence-corrected chi connectivity index (χ3v) is 3.43. The van der Waals surface area contributed by atoms with E-state index in [4.69, 9.17) is 5.73 Å². The van der Waals surface area contributed by atoms with E-state index in [0.717, 1.165) is 31.6 Å². The number of nitriles is 1. The maximum Gasteiger partial charge on any atom is 0.171 e. The van der Waals surface area contributed by atoms with E-state index < -0.39 is 0 Å². The van der Waals surface area contributed by atoms with E-state index in [2.05, 4.69) is 26.0 Å². The molecule has 0 aliphatic carbocycles. The fraction of sp³-hybridized carbons (Fsp3) is 0.385. The second kappa shape index (κ2) is 4.81. The van der Waals surface area contributed by atoms with Crippen LogP contribution in [0.25, 0.3) is 5.82 Å². The molecule has 0 radical (unpaired) electrons. The van der Waals surface area contributed by atoms with E-state index >= 15 is 0 Å². The molecule has 1 aliphatic heterocycles. The highest BCUT2D eigenvalue weighted by atomic mass is 15.4. The van der Waals surface area contributed by atoms with Gasteiger partial charge >= 0.3 is 0 Å². The van der Waals surface area contributed by atoms with Crippen molar-refractivity contribution in [2.75, 3.05) is 23.7 Å². The number of anilines is 2. The zero-order valence-electron chi connectivity index (χ0n) is 11.2. The molecule has 1 saturated heterocycles. The van der Waals surface area contributed by atoms with Gasteiger partial charge in [0.25, 0.3) is 0 Å². The van der Waals surface area contributed by atoms with Crippen molar-refractivity contribution in [2.24, 2.45) is 0 Å². The number of hydrogen-bond acceptors (Lipinski definition) is 6. The molecule has 0 unspecified atom stereocenters. The van der Waals surface area contributed by atoms with Crippen LogP contribution in [0.2, 0.25) is 0 Å². The molecule has 102 valence electrons. The summed E-state index contributed by atoms with van der Waals surface area (Å²) >= 11 is 0. The lowest BCUT2D eigenvalue weighted by molar-refractivity contribution is 0.820. The predicted molar refractivity (Wildman–Crippen MR) is 74.5 cm³/mol. The van der Waals surface area contributed by atoms with Crippen LogP contribution in [0.15, 0.2) is 12.4 Å².